The van der Waals surface area contributed by atoms with E-state index in [1.165, 1.54) is 0 Å². The molecule has 0 unspecified atom stereocenters. The van der Waals surface area contributed by atoms with Gasteiger partial charge in [0.2, 0.25) is 0 Å². The standard InChI is InChI=1S/C8H12Br2O2/c1-5-6(4-7(9)10)12-8(2,3)11-5/h4-6H,1-3H3/t5-,6+/m1/s1. The first kappa shape index (κ1) is 10.7. The first-order chi connectivity index (χ1) is 5.41. The van der Waals surface area contributed by atoms with Gasteiger partial charge in [-0.1, -0.05) is 0 Å². The van der Waals surface area contributed by atoms with Crippen molar-refractivity contribution in [2.75, 3.05) is 0 Å². The van der Waals surface area contributed by atoms with E-state index in [1.54, 1.807) is 0 Å². The fourth-order valence-corrected chi connectivity index (χ4v) is 1.78. The Kier molecular flexibility index (Phi) is 3.37. The number of halogens is 2. The van der Waals surface area contributed by atoms with Crippen LogP contribution >= 0.6 is 31.9 Å². The highest BCUT2D eigenvalue weighted by Gasteiger charge is 2.37. The van der Waals surface area contributed by atoms with Crippen molar-refractivity contribution >= 4 is 31.9 Å². The van der Waals surface area contributed by atoms with Crippen molar-refractivity contribution in [3.8, 4) is 0 Å². The Morgan fingerprint density at radius 1 is 1.33 bits per heavy atom. The molecule has 2 atom stereocenters. The van der Waals surface area contributed by atoms with E-state index in [2.05, 4.69) is 31.9 Å². The molecule has 2 nitrogen and oxygen atoms in total. The average Bonchev–Trinajstić information content (AvgIpc) is 2.03. The molecular formula is C8H12Br2O2. The number of ether oxygens (including phenoxy) is 2. The topological polar surface area (TPSA) is 18.5 Å². The fraction of sp³-hybridized carbons (Fsp3) is 0.750. The fourth-order valence-electron chi connectivity index (χ4n) is 1.26. The van der Waals surface area contributed by atoms with Crippen molar-refractivity contribution < 1.29 is 9.47 Å². The SMILES string of the molecule is C[C@H]1OC(C)(C)O[C@H]1C=C(Br)Br. The van der Waals surface area contributed by atoms with Crippen LogP contribution in [0.1, 0.15) is 20.8 Å². The van der Waals surface area contributed by atoms with Crippen molar-refractivity contribution in [3.05, 3.63) is 9.47 Å². The van der Waals surface area contributed by atoms with Crippen LogP contribution in [0.25, 0.3) is 0 Å². The Morgan fingerprint density at radius 2 is 1.92 bits per heavy atom. The third kappa shape index (κ3) is 2.83. The van der Waals surface area contributed by atoms with Gasteiger partial charge in [-0.25, -0.2) is 0 Å². The minimum absolute atomic E-state index is 0.0220. The lowest BCUT2D eigenvalue weighted by Gasteiger charge is -2.15. The summed E-state index contributed by atoms with van der Waals surface area (Å²) in [6.07, 6.45) is 2.07. The third-order valence-corrected chi connectivity index (χ3v) is 2.17. The van der Waals surface area contributed by atoms with E-state index in [1.807, 2.05) is 26.8 Å². The number of hydrogen-bond donors (Lipinski definition) is 0. The molecule has 4 heteroatoms. The zero-order chi connectivity index (χ0) is 9.35. The Labute approximate surface area is 89.6 Å². The highest BCUT2D eigenvalue weighted by atomic mass is 79.9. The van der Waals surface area contributed by atoms with Gasteiger partial charge in [0.15, 0.2) is 5.79 Å². The van der Waals surface area contributed by atoms with Gasteiger partial charge in [-0.05, 0) is 58.7 Å². The van der Waals surface area contributed by atoms with Crippen LogP contribution in [0.15, 0.2) is 9.47 Å². The molecule has 1 fully saturated rings. The predicted octanol–water partition coefficient (Wildman–Crippen LogP) is 3.16. The zero-order valence-electron chi connectivity index (χ0n) is 7.30. The molecule has 0 N–H and O–H groups in total. The second-order valence-corrected chi connectivity index (χ2v) is 6.03. The highest BCUT2D eigenvalue weighted by molar-refractivity contribution is 9.28. The van der Waals surface area contributed by atoms with Gasteiger partial charge in [-0.15, -0.1) is 0 Å². The molecule has 0 amide bonds. The molecule has 0 aromatic carbocycles. The maximum atomic E-state index is 5.61. The van der Waals surface area contributed by atoms with Gasteiger partial charge in [0.05, 0.1) is 9.50 Å². The Bertz CT molecular complexity index is 197. The van der Waals surface area contributed by atoms with Gasteiger partial charge in [-0.2, -0.15) is 0 Å². The number of hydrogen-bond acceptors (Lipinski definition) is 2. The normalized spacial score (nSPS) is 33.4. The predicted molar refractivity (Wildman–Crippen MR) is 55.4 cm³/mol. The van der Waals surface area contributed by atoms with Crippen LogP contribution in [0.3, 0.4) is 0 Å². The van der Waals surface area contributed by atoms with Crippen LogP contribution < -0.4 is 0 Å². The molecule has 0 radical (unpaired) electrons. The summed E-state index contributed by atoms with van der Waals surface area (Å²) < 4.78 is 12.1. The second-order valence-electron chi connectivity index (χ2n) is 3.26. The number of rotatable bonds is 1. The maximum Gasteiger partial charge on any atom is 0.164 e. The molecule has 0 spiro atoms. The van der Waals surface area contributed by atoms with E-state index in [4.69, 9.17) is 9.47 Å². The van der Waals surface area contributed by atoms with Crippen LogP contribution in [0.4, 0.5) is 0 Å². The van der Waals surface area contributed by atoms with E-state index < -0.39 is 5.79 Å². The molecule has 0 saturated carbocycles. The van der Waals surface area contributed by atoms with Crippen LogP contribution in [-0.4, -0.2) is 18.0 Å². The molecule has 1 aliphatic rings. The Morgan fingerprint density at radius 3 is 2.25 bits per heavy atom. The van der Waals surface area contributed by atoms with Crippen molar-refractivity contribution in [2.24, 2.45) is 0 Å². The minimum atomic E-state index is -0.462. The summed E-state index contributed by atoms with van der Waals surface area (Å²) >= 11 is 6.58. The molecule has 1 aliphatic heterocycles. The largest absolute Gasteiger partial charge is 0.345 e. The first-order valence-corrected chi connectivity index (χ1v) is 5.38. The van der Waals surface area contributed by atoms with Crippen molar-refractivity contribution in [2.45, 2.75) is 38.8 Å². The minimum Gasteiger partial charge on any atom is -0.345 e. The molecule has 1 rings (SSSR count). The molecule has 0 aromatic rings. The van der Waals surface area contributed by atoms with Gasteiger partial charge < -0.3 is 9.47 Å². The lowest BCUT2D eigenvalue weighted by atomic mass is 10.2. The van der Waals surface area contributed by atoms with Crippen LogP contribution in [0, 0.1) is 0 Å². The molecule has 70 valence electrons. The lowest BCUT2D eigenvalue weighted by Crippen LogP contribution is -2.20. The van der Waals surface area contributed by atoms with Gasteiger partial charge in [0.25, 0.3) is 0 Å². The summed E-state index contributed by atoms with van der Waals surface area (Å²) in [6.45, 7) is 5.83. The summed E-state index contributed by atoms with van der Waals surface area (Å²) in [7, 11) is 0. The summed E-state index contributed by atoms with van der Waals surface area (Å²) in [5.74, 6) is -0.462. The van der Waals surface area contributed by atoms with E-state index in [0.29, 0.717) is 0 Å². The van der Waals surface area contributed by atoms with Crippen LogP contribution in [0.5, 0.6) is 0 Å². The first-order valence-electron chi connectivity index (χ1n) is 3.79. The lowest BCUT2D eigenvalue weighted by molar-refractivity contribution is -0.141. The molecular weight excluding hydrogens is 288 g/mol. The van der Waals surface area contributed by atoms with E-state index in [0.717, 1.165) is 3.39 Å². The van der Waals surface area contributed by atoms with Gasteiger partial charge in [0.1, 0.15) is 6.10 Å². The van der Waals surface area contributed by atoms with E-state index in [9.17, 15) is 0 Å². The van der Waals surface area contributed by atoms with Crippen molar-refractivity contribution in [1.29, 1.82) is 0 Å². The molecule has 1 heterocycles. The van der Waals surface area contributed by atoms with Crippen LogP contribution in [0.2, 0.25) is 0 Å². The second kappa shape index (κ2) is 3.78. The van der Waals surface area contributed by atoms with E-state index >= 15 is 0 Å². The van der Waals surface area contributed by atoms with Crippen molar-refractivity contribution in [3.63, 3.8) is 0 Å². The van der Waals surface area contributed by atoms with Gasteiger partial charge in [-0.3, -0.25) is 0 Å². The Hall–Kier alpha value is 0.620. The maximum absolute atomic E-state index is 5.61. The highest BCUT2D eigenvalue weighted by Crippen LogP contribution is 2.30. The molecule has 1 saturated heterocycles. The molecule has 0 bridgehead atoms. The van der Waals surface area contributed by atoms with Crippen molar-refractivity contribution in [1.82, 2.24) is 0 Å². The third-order valence-electron chi connectivity index (χ3n) is 1.64. The summed E-state index contributed by atoms with van der Waals surface area (Å²) in [4.78, 5) is 0. The van der Waals surface area contributed by atoms with Gasteiger partial charge in [0, 0.05) is 0 Å². The average molecular weight is 300 g/mol. The zero-order valence-corrected chi connectivity index (χ0v) is 10.5. The molecule has 12 heavy (non-hydrogen) atoms. The summed E-state index contributed by atoms with van der Waals surface area (Å²) in [6, 6.07) is 0. The molecule has 0 aliphatic carbocycles. The van der Waals surface area contributed by atoms with Gasteiger partial charge >= 0.3 is 0 Å². The smallest absolute Gasteiger partial charge is 0.164 e. The summed E-state index contributed by atoms with van der Waals surface area (Å²) in [5.41, 5.74) is 0. The molecule has 0 aromatic heterocycles. The van der Waals surface area contributed by atoms with E-state index in [-0.39, 0.29) is 12.2 Å². The summed E-state index contributed by atoms with van der Waals surface area (Å²) in [5, 5.41) is 0. The monoisotopic (exact) mass is 298 g/mol. The quantitative estimate of drug-likeness (QED) is 0.740. The Balaban J connectivity index is 2.65. The van der Waals surface area contributed by atoms with Crippen LogP contribution in [-0.2, 0) is 9.47 Å².